The molecule has 3 rings (SSSR count). The van der Waals surface area contributed by atoms with Crippen molar-refractivity contribution in [1.29, 1.82) is 0 Å². The molecule has 0 saturated carbocycles. The van der Waals surface area contributed by atoms with Crippen molar-refractivity contribution in [3.63, 3.8) is 0 Å². The first-order valence-electron chi connectivity index (χ1n) is 7.70. The van der Waals surface area contributed by atoms with Gasteiger partial charge in [-0.05, 0) is 36.2 Å². The van der Waals surface area contributed by atoms with E-state index in [9.17, 15) is 4.79 Å². The number of nitrogens with zero attached hydrogens (tertiary/aromatic N) is 1. The van der Waals surface area contributed by atoms with Crippen molar-refractivity contribution >= 4 is 28.6 Å². The number of rotatable bonds is 8. The van der Waals surface area contributed by atoms with E-state index < -0.39 is 5.97 Å². The molecular weight excluding hydrogens is 324 g/mol. The van der Waals surface area contributed by atoms with Gasteiger partial charge < -0.3 is 14.8 Å². The largest absolute Gasteiger partial charge is 0.493 e. The van der Waals surface area contributed by atoms with Crippen molar-refractivity contribution in [2.75, 3.05) is 12.4 Å². The van der Waals surface area contributed by atoms with Crippen molar-refractivity contribution in [1.82, 2.24) is 9.97 Å². The van der Waals surface area contributed by atoms with Gasteiger partial charge in [-0.2, -0.15) is 0 Å². The summed E-state index contributed by atoms with van der Waals surface area (Å²) < 4.78 is 5.90. The minimum atomic E-state index is -0.848. The van der Waals surface area contributed by atoms with Crippen LogP contribution in [0.15, 0.2) is 53.8 Å². The lowest BCUT2D eigenvalue weighted by Crippen LogP contribution is -2.02. The molecule has 0 aliphatic carbocycles. The number of thioether (sulfide) groups is 1. The highest BCUT2D eigenvalue weighted by Crippen LogP contribution is 2.29. The van der Waals surface area contributed by atoms with Crippen LogP contribution in [0.3, 0.4) is 0 Å². The van der Waals surface area contributed by atoms with Gasteiger partial charge in [0.25, 0.3) is 0 Å². The molecular formula is C18H18N2O3S. The summed E-state index contributed by atoms with van der Waals surface area (Å²) in [6.45, 7) is 0.592. The summed E-state index contributed by atoms with van der Waals surface area (Å²) in [6, 6.07) is 9.70. The Labute approximate surface area is 144 Å². The Morgan fingerprint density at radius 2 is 2.08 bits per heavy atom. The average Bonchev–Trinajstić information content (AvgIpc) is 2.99. The summed E-state index contributed by atoms with van der Waals surface area (Å²) in [4.78, 5) is 19.3. The maximum atomic E-state index is 11.0. The number of aromatic nitrogens is 2. The zero-order chi connectivity index (χ0) is 16.8. The molecule has 0 saturated heterocycles. The van der Waals surface area contributed by atoms with E-state index in [4.69, 9.17) is 9.84 Å². The minimum absolute atomic E-state index is 0.0156. The molecule has 2 N–H and O–H groups in total. The summed E-state index contributed by atoms with van der Waals surface area (Å²) in [5.74, 6) is 0.841. The number of ether oxygens (including phenoxy) is 1. The maximum Gasteiger partial charge on any atom is 0.307 e. The van der Waals surface area contributed by atoms with Gasteiger partial charge in [-0.15, -0.1) is 11.8 Å². The van der Waals surface area contributed by atoms with Gasteiger partial charge in [-0.3, -0.25) is 9.78 Å². The molecule has 124 valence electrons. The summed E-state index contributed by atoms with van der Waals surface area (Å²) in [7, 11) is 0. The van der Waals surface area contributed by atoms with Crippen LogP contribution in [0.2, 0.25) is 0 Å². The van der Waals surface area contributed by atoms with Gasteiger partial charge >= 0.3 is 5.97 Å². The number of benzene rings is 1. The molecule has 1 aromatic carbocycles. The number of pyridine rings is 1. The van der Waals surface area contributed by atoms with Crippen LogP contribution in [0.25, 0.3) is 10.9 Å². The monoisotopic (exact) mass is 342 g/mol. The fourth-order valence-electron chi connectivity index (χ4n) is 2.51. The highest BCUT2D eigenvalue weighted by molar-refractivity contribution is 7.99. The minimum Gasteiger partial charge on any atom is -0.493 e. The highest BCUT2D eigenvalue weighted by Gasteiger charge is 2.12. The van der Waals surface area contributed by atoms with E-state index in [1.54, 1.807) is 30.4 Å². The molecule has 0 radical (unpaired) electrons. The van der Waals surface area contributed by atoms with Crippen molar-refractivity contribution in [2.45, 2.75) is 17.7 Å². The number of aromatic amines is 1. The Bertz CT molecular complexity index is 818. The SMILES string of the molecule is O=C(O)Cc1c[nH]c2cccc(OCCCSc3ccncc3)c12. The van der Waals surface area contributed by atoms with Crippen LogP contribution in [0.5, 0.6) is 5.75 Å². The maximum absolute atomic E-state index is 11.0. The third kappa shape index (κ3) is 4.08. The Morgan fingerprint density at radius 3 is 2.88 bits per heavy atom. The van der Waals surface area contributed by atoms with Crippen LogP contribution in [-0.2, 0) is 11.2 Å². The van der Waals surface area contributed by atoms with Gasteiger partial charge in [0.2, 0.25) is 0 Å². The summed E-state index contributed by atoms with van der Waals surface area (Å²) in [6.07, 6.45) is 6.20. The van der Waals surface area contributed by atoms with E-state index in [1.165, 1.54) is 4.90 Å². The van der Waals surface area contributed by atoms with Crippen LogP contribution in [0.1, 0.15) is 12.0 Å². The quantitative estimate of drug-likeness (QED) is 0.482. The smallest absolute Gasteiger partial charge is 0.307 e. The van der Waals surface area contributed by atoms with Gasteiger partial charge in [0.1, 0.15) is 5.75 Å². The lowest BCUT2D eigenvalue weighted by molar-refractivity contribution is -0.136. The lowest BCUT2D eigenvalue weighted by Gasteiger charge is -2.08. The molecule has 6 heteroatoms. The van der Waals surface area contributed by atoms with Crippen LogP contribution in [-0.4, -0.2) is 33.4 Å². The van der Waals surface area contributed by atoms with E-state index in [2.05, 4.69) is 9.97 Å². The number of aliphatic carboxylic acids is 1. The zero-order valence-electron chi connectivity index (χ0n) is 13.1. The van der Waals surface area contributed by atoms with Crippen molar-refractivity contribution in [3.8, 4) is 5.75 Å². The number of hydrogen-bond donors (Lipinski definition) is 2. The average molecular weight is 342 g/mol. The molecule has 5 nitrogen and oxygen atoms in total. The summed E-state index contributed by atoms with van der Waals surface area (Å²) in [5.41, 5.74) is 1.65. The van der Waals surface area contributed by atoms with Crippen LogP contribution in [0, 0.1) is 0 Å². The third-order valence-corrected chi connectivity index (χ3v) is 4.65. The number of nitrogens with one attached hydrogen (secondary N) is 1. The predicted octanol–water partition coefficient (Wildman–Crippen LogP) is 3.75. The number of carboxylic acids is 1. The number of hydrogen-bond acceptors (Lipinski definition) is 4. The molecule has 0 unspecified atom stereocenters. The second-order valence-corrected chi connectivity index (χ2v) is 6.46. The first-order valence-corrected chi connectivity index (χ1v) is 8.69. The van der Waals surface area contributed by atoms with Crippen LogP contribution in [0.4, 0.5) is 0 Å². The van der Waals surface area contributed by atoms with Crippen LogP contribution < -0.4 is 4.74 Å². The van der Waals surface area contributed by atoms with E-state index in [1.807, 2.05) is 30.3 Å². The standard InChI is InChI=1S/C18H18N2O3S/c21-17(22)11-13-12-20-15-3-1-4-16(18(13)15)23-9-2-10-24-14-5-7-19-8-6-14/h1,3-8,12,20H,2,9-11H2,(H,21,22). The Morgan fingerprint density at radius 1 is 1.25 bits per heavy atom. The van der Waals surface area contributed by atoms with Crippen LogP contribution >= 0.6 is 11.8 Å². The van der Waals surface area contributed by atoms with Gasteiger partial charge in [-0.1, -0.05) is 6.07 Å². The molecule has 0 spiro atoms. The first-order chi connectivity index (χ1) is 11.7. The first kappa shape index (κ1) is 16.4. The molecule has 0 bridgehead atoms. The normalized spacial score (nSPS) is 10.8. The van der Waals surface area contributed by atoms with Gasteiger partial charge in [0.15, 0.2) is 0 Å². The number of fused-ring (bicyclic) bond motifs is 1. The molecule has 2 aromatic heterocycles. The van der Waals surface area contributed by atoms with Crippen molar-refractivity contribution in [3.05, 3.63) is 54.5 Å². The summed E-state index contributed by atoms with van der Waals surface area (Å²) >= 11 is 1.77. The number of carbonyl (C=O) groups is 1. The predicted molar refractivity (Wildman–Crippen MR) is 94.7 cm³/mol. The Balaban J connectivity index is 1.58. The number of carboxylic acid groups (broad SMARTS) is 1. The number of H-pyrrole nitrogens is 1. The summed E-state index contributed by atoms with van der Waals surface area (Å²) in [5, 5.41) is 9.89. The van der Waals surface area contributed by atoms with E-state index in [-0.39, 0.29) is 6.42 Å². The molecule has 2 heterocycles. The molecule has 0 fully saturated rings. The second-order valence-electron chi connectivity index (χ2n) is 5.30. The van der Waals surface area contributed by atoms with E-state index in [0.717, 1.165) is 34.4 Å². The molecule has 24 heavy (non-hydrogen) atoms. The van der Waals surface area contributed by atoms with Gasteiger partial charge in [-0.25, -0.2) is 0 Å². The fraction of sp³-hybridized carbons (Fsp3) is 0.222. The Kier molecular flexibility index (Phi) is 5.38. The molecule has 0 aliphatic heterocycles. The lowest BCUT2D eigenvalue weighted by atomic mass is 10.1. The van der Waals surface area contributed by atoms with Crippen molar-refractivity contribution < 1.29 is 14.6 Å². The fourth-order valence-corrected chi connectivity index (χ4v) is 3.32. The van der Waals surface area contributed by atoms with Crippen molar-refractivity contribution in [2.24, 2.45) is 0 Å². The third-order valence-electron chi connectivity index (χ3n) is 3.56. The van der Waals surface area contributed by atoms with Gasteiger partial charge in [0, 0.05) is 40.1 Å². The molecule has 0 atom stereocenters. The second kappa shape index (κ2) is 7.88. The van der Waals surface area contributed by atoms with E-state index >= 15 is 0 Å². The highest BCUT2D eigenvalue weighted by atomic mass is 32.2. The molecule has 0 amide bonds. The zero-order valence-corrected chi connectivity index (χ0v) is 13.9. The molecule has 0 aliphatic rings. The topological polar surface area (TPSA) is 75.2 Å². The Hall–Kier alpha value is -2.47. The van der Waals surface area contributed by atoms with E-state index in [0.29, 0.717) is 6.61 Å². The van der Waals surface area contributed by atoms with Gasteiger partial charge in [0.05, 0.1) is 13.0 Å². The molecule has 3 aromatic rings.